The number of fused-ring (bicyclic) bond motifs is 2. The smallest absolute Gasteiger partial charge is 0.255 e. The van der Waals surface area contributed by atoms with Crippen molar-refractivity contribution < 1.29 is 28.5 Å². The lowest BCUT2D eigenvalue weighted by Gasteiger charge is -2.28. The van der Waals surface area contributed by atoms with Crippen molar-refractivity contribution in [2.75, 3.05) is 32.8 Å². The van der Waals surface area contributed by atoms with Crippen molar-refractivity contribution in [2.24, 2.45) is 0 Å². The topological polar surface area (TPSA) is 86.3 Å². The molecular weight excluding hydrogens is 448 g/mol. The highest BCUT2D eigenvalue weighted by atomic mass is 16.6. The van der Waals surface area contributed by atoms with Gasteiger partial charge < -0.3 is 29.2 Å². The molecule has 3 aromatic carbocycles. The fourth-order valence-corrected chi connectivity index (χ4v) is 4.51. The van der Waals surface area contributed by atoms with Crippen molar-refractivity contribution in [3.05, 3.63) is 77.4 Å². The number of hydrogen-bond donors (Lipinski definition) is 1. The van der Waals surface area contributed by atoms with Crippen LogP contribution in [0, 0.1) is 0 Å². The normalized spacial score (nSPS) is 14.8. The molecule has 2 amide bonds. The minimum atomic E-state index is -0.507. The number of ether oxygens (including phenoxy) is 4. The monoisotopic (exact) mass is 474 g/mol. The summed E-state index contributed by atoms with van der Waals surface area (Å²) in [5.41, 5.74) is 2.97. The molecular formula is C27H26N2O6. The second kappa shape index (κ2) is 9.58. The van der Waals surface area contributed by atoms with Crippen molar-refractivity contribution in [1.29, 1.82) is 0 Å². The van der Waals surface area contributed by atoms with Gasteiger partial charge in [0.2, 0.25) is 5.91 Å². The highest BCUT2D eigenvalue weighted by molar-refractivity contribution is 5.99. The van der Waals surface area contributed by atoms with Gasteiger partial charge in [-0.3, -0.25) is 9.59 Å². The predicted octanol–water partition coefficient (Wildman–Crippen LogP) is 4.20. The molecule has 0 unspecified atom stereocenters. The van der Waals surface area contributed by atoms with Crippen molar-refractivity contribution in [1.82, 2.24) is 4.90 Å². The van der Waals surface area contributed by atoms with E-state index in [1.165, 1.54) is 0 Å². The molecule has 0 saturated heterocycles. The SMILES string of the molecule is COc1ccc([C@H](CC(=O)Nc2ccc3c(c2)OCCO3)N2Cc3ccccc3C2=O)cc1OC. The van der Waals surface area contributed by atoms with Crippen LogP contribution in [0.4, 0.5) is 5.69 Å². The molecule has 0 saturated carbocycles. The number of carbonyl (C=O) groups is 2. The molecule has 180 valence electrons. The van der Waals surface area contributed by atoms with E-state index in [9.17, 15) is 9.59 Å². The third-order valence-corrected chi connectivity index (χ3v) is 6.22. The van der Waals surface area contributed by atoms with E-state index in [2.05, 4.69) is 5.32 Å². The van der Waals surface area contributed by atoms with E-state index < -0.39 is 6.04 Å². The lowest BCUT2D eigenvalue weighted by atomic mass is 10.0. The zero-order valence-electron chi connectivity index (χ0n) is 19.6. The predicted molar refractivity (Wildman–Crippen MR) is 129 cm³/mol. The average molecular weight is 475 g/mol. The maximum atomic E-state index is 13.3. The molecule has 0 radical (unpaired) electrons. The summed E-state index contributed by atoms with van der Waals surface area (Å²) in [5.74, 6) is 2.02. The Kier molecular flexibility index (Phi) is 6.18. The molecule has 0 aromatic heterocycles. The van der Waals surface area contributed by atoms with Gasteiger partial charge in [-0.05, 0) is 41.5 Å². The van der Waals surface area contributed by atoms with E-state index in [-0.39, 0.29) is 18.2 Å². The Bertz CT molecular complexity index is 1270. The van der Waals surface area contributed by atoms with E-state index in [1.54, 1.807) is 43.4 Å². The van der Waals surface area contributed by atoms with Crippen LogP contribution in [0.1, 0.15) is 33.9 Å². The van der Waals surface area contributed by atoms with Gasteiger partial charge in [-0.25, -0.2) is 0 Å². The van der Waals surface area contributed by atoms with Crippen LogP contribution in [0.5, 0.6) is 23.0 Å². The third-order valence-electron chi connectivity index (χ3n) is 6.22. The largest absolute Gasteiger partial charge is 0.493 e. The lowest BCUT2D eigenvalue weighted by Crippen LogP contribution is -2.32. The standard InChI is InChI=1S/C27H26N2O6/c1-32-22-9-7-17(13-24(22)33-2)21(29-16-18-5-3-4-6-20(18)27(29)31)15-26(30)28-19-8-10-23-25(14-19)35-12-11-34-23/h3-10,13-14,21H,11-12,15-16H2,1-2H3,(H,28,30)/t21-/m0/s1. The van der Waals surface area contributed by atoms with Gasteiger partial charge in [0.15, 0.2) is 23.0 Å². The first kappa shape index (κ1) is 22.6. The first-order valence-electron chi connectivity index (χ1n) is 11.4. The van der Waals surface area contributed by atoms with Crippen LogP contribution in [0.3, 0.4) is 0 Å². The molecule has 3 aromatic rings. The van der Waals surface area contributed by atoms with Crippen LogP contribution >= 0.6 is 0 Å². The van der Waals surface area contributed by atoms with Crippen molar-refractivity contribution >= 4 is 17.5 Å². The zero-order chi connectivity index (χ0) is 24.4. The van der Waals surface area contributed by atoms with Gasteiger partial charge in [0.1, 0.15) is 13.2 Å². The fourth-order valence-electron chi connectivity index (χ4n) is 4.51. The number of carbonyl (C=O) groups excluding carboxylic acids is 2. The van der Waals surface area contributed by atoms with Gasteiger partial charge in [-0.1, -0.05) is 24.3 Å². The maximum absolute atomic E-state index is 13.3. The molecule has 35 heavy (non-hydrogen) atoms. The van der Waals surface area contributed by atoms with Crippen LogP contribution in [0.15, 0.2) is 60.7 Å². The first-order chi connectivity index (χ1) is 17.1. The zero-order valence-corrected chi connectivity index (χ0v) is 19.6. The Morgan fingerprint density at radius 1 is 0.971 bits per heavy atom. The minimum Gasteiger partial charge on any atom is -0.493 e. The molecule has 0 aliphatic carbocycles. The van der Waals surface area contributed by atoms with Crippen LogP contribution in [0.25, 0.3) is 0 Å². The van der Waals surface area contributed by atoms with Gasteiger partial charge in [-0.2, -0.15) is 0 Å². The molecule has 0 bridgehead atoms. The second-order valence-electron chi connectivity index (χ2n) is 8.33. The molecule has 2 heterocycles. The van der Waals surface area contributed by atoms with E-state index in [0.717, 1.165) is 11.1 Å². The third kappa shape index (κ3) is 4.47. The van der Waals surface area contributed by atoms with Gasteiger partial charge in [0.05, 0.1) is 26.7 Å². The van der Waals surface area contributed by atoms with Crippen molar-refractivity contribution in [3.63, 3.8) is 0 Å². The molecule has 0 fully saturated rings. The fraction of sp³-hybridized carbons (Fsp3) is 0.259. The van der Waals surface area contributed by atoms with Gasteiger partial charge in [0.25, 0.3) is 5.91 Å². The molecule has 5 rings (SSSR count). The number of rotatable bonds is 7. The summed E-state index contributed by atoms with van der Waals surface area (Å²) in [6.07, 6.45) is 0.0592. The summed E-state index contributed by atoms with van der Waals surface area (Å²) in [6.45, 7) is 1.38. The summed E-state index contributed by atoms with van der Waals surface area (Å²) in [7, 11) is 3.12. The van der Waals surface area contributed by atoms with E-state index in [1.807, 2.05) is 36.4 Å². The van der Waals surface area contributed by atoms with Crippen LogP contribution in [-0.2, 0) is 11.3 Å². The number of benzene rings is 3. The molecule has 8 heteroatoms. The summed E-state index contributed by atoms with van der Waals surface area (Å²) < 4.78 is 22.0. The summed E-state index contributed by atoms with van der Waals surface area (Å²) >= 11 is 0. The Balaban J connectivity index is 1.43. The quantitative estimate of drug-likeness (QED) is 0.552. The summed E-state index contributed by atoms with van der Waals surface area (Å²) in [5, 5.41) is 2.93. The number of nitrogens with zero attached hydrogens (tertiary/aromatic N) is 1. The van der Waals surface area contributed by atoms with Crippen molar-refractivity contribution in [2.45, 2.75) is 19.0 Å². The molecule has 2 aliphatic heterocycles. The van der Waals surface area contributed by atoms with Gasteiger partial charge in [-0.15, -0.1) is 0 Å². The molecule has 2 aliphatic rings. The molecule has 1 N–H and O–H groups in total. The minimum absolute atomic E-state index is 0.0592. The Labute approximate surface area is 203 Å². The van der Waals surface area contributed by atoms with E-state index >= 15 is 0 Å². The number of hydrogen-bond acceptors (Lipinski definition) is 6. The summed E-state index contributed by atoms with van der Waals surface area (Å²) in [4.78, 5) is 28.2. The Morgan fingerprint density at radius 2 is 1.74 bits per heavy atom. The second-order valence-corrected chi connectivity index (χ2v) is 8.33. The van der Waals surface area contributed by atoms with Crippen LogP contribution in [0.2, 0.25) is 0 Å². The van der Waals surface area contributed by atoms with E-state index in [0.29, 0.717) is 54.0 Å². The number of methoxy groups -OCH3 is 2. The van der Waals surface area contributed by atoms with Gasteiger partial charge in [0, 0.05) is 23.9 Å². The van der Waals surface area contributed by atoms with Crippen LogP contribution < -0.4 is 24.3 Å². The average Bonchev–Trinajstić information content (AvgIpc) is 3.23. The van der Waals surface area contributed by atoms with Gasteiger partial charge >= 0.3 is 0 Å². The molecule has 8 nitrogen and oxygen atoms in total. The maximum Gasteiger partial charge on any atom is 0.255 e. The van der Waals surface area contributed by atoms with Crippen LogP contribution in [-0.4, -0.2) is 44.1 Å². The molecule has 0 spiro atoms. The summed E-state index contributed by atoms with van der Waals surface area (Å²) in [6, 6.07) is 17.8. The Morgan fingerprint density at radius 3 is 2.51 bits per heavy atom. The van der Waals surface area contributed by atoms with E-state index in [4.69, 9.17) is 18.9 Å². The van der Waals surface area contributed by atoms with Crippen molar-refractivity contribution in [3.8, 4) is 23.0 Å². The highest BCUT2D eigenvalue weighted by Gasteiger charge is 2.35. The highest BCUT2D eigenvalue weighted by Crippen LogP contribution is 2.38. The first-order valence-corrected chi connectivity index (χ1v) is 11.4. The molecule has 1 atom stereocenters. The number of amides is 2. The number of anilines is 1. The Hall–Kier alpha value is -4.20. The lowest BCUT2D eigenvalue weighted by molar-refractivity contribution is -0.117. The number of nitrogens with one attached hydrogen (secondary N) is 1.